The standard InChI is InChI=1S/C18H30N2O3S/c1-13-8-14(2)18(15(3)9-13)10-19-6-7-24(21,22)20-11-16(4)23-17(5)12-20/h8-9,16-17,19H,6-7,10-12H2,1-5H3. The number of aryl methyl sites for hydroxylation is 3. The molecule has 2 atom stereocenters. The van der Waals surface area contributed by atoms with Gasteiger partial charge >= 0.3 is 0 Å². The zero-order chi connectivity index (χ0) is 17.9. The van der Waals surface area contributed by atoms with Gasteiger partial charge in [0.2, 0.25) is 10.0 Å². The van der Waals surface area contributed by atoms with E-state index in [2.05, 4.69) is 38.2 Å². The van der Waals surface area contributed by atoms with Crippen LogP contribution in [-0.4, -0.2) is 50.3 Å². The van der Waals surface area contributed by atoms with Crippen molar-refractivity contribution in [2.75, 3.05) is 25.4 Å². The summed E-state index contributed by atoms with van der Waals surface area (Å²) in [5, 5.41) is 3.28. The van der Waals surface area contributed by atoms with Crippen LogP contribution in [0.2, 0.25) is 0 Å². The van der Waals surface area contributed by atoms with Gasteiger partial charge in [-0.05, 0) is 51.3 Å². The molecule has 2 rings (SSSR count). The molecule has 0 radical (unpaired) electrons. The average Bonchev–Trinajstić information content (AvgIpc) is 2.44. The highest BCUT2D eigenvalue weighted by Gasteiger charge is 2.30. The van der Waals surface area contributed by atoms with Gasteiger partial charge in [0.05, 0.1) is 18.0 Å². The first-order valence-electron chi connectivity index (χ1n) is 8.60. The number of morpholine rings is 1. The fraction of sp³-hybridized carbons (Fsp3) is 0.667. The summed E-state index contributed by atoms with van der Waals surface area (Å²) in [6.07, 6.45) is -0.0938. The molecule has 1 N–H and O–H groups in total. The Hall–Kier alpha value is -0.950. The van der Waals surface area contributed by atoms with Crippen molar-refractivity contribution < 1.29 is 13.2 Å². The Morgan fingerprint density at radius 1 is 1.12 bits per heavy atom. The third kappa shape index (κ3) is 5.02. The van der Waals surface area contributed by atoms with Crippen LogP contribution in [0.4, 0.5) is 0 Å². The van der Waals surface area contributed by atoms with Crippen molar-refractivity contribution in [2.24, 2.45) is 0 Å². The lowest BCUT2D eigenvalue weighted by molar-refractivity contribution is -0.0440. The maximum Gasteiger partial charge on any atom is 0.215 e. The zero-order valence-corrected chi connectivity index (χ0v) is 16.2. The Morgan fingerprint density at radius 3 is 2.21 bits per heavy atom. The molecule has 0 aromatic heterocycles. The summed E-state index contributed by atoms with van der Waals surface area (Å²) in [6.45, 7) is 12.2. The minimum absolute atomic E-state index is 0.0469. The van der Waals surface area contributed by atoms with Gasteiger partial charge in [0.25, 0.3) is 0 Å². The molecule has 24 heavy (non-hydrogen) atoms. The van der Waals surface area contributed by atoms with E-state index in [4.69, 9.17) is 4.74 Å². The van der Waals surface area contributed by atoms with Crippen molar-refractivity contribution in [3.8, 4) is 0 Å². The predicted molar refractivity (Wildman–Crippen MR) is 97.7 cm³/mol. The SMILES string of the molecule is Cc1cc(C)c(CNCCS(=O)(=O)N2CC(C)OC(C)C2)c(C)c1. The first-order valence-corrected chi connectivity index (χ1v) is 10.2. The Balaban J connectivity index is 1.87. The average molecular weight is 355 g/mol. The van der Waals surface area contributed by atoms with E-state index in [-0.39, 0.29) is 18.0 Å². The van der Waals surface area contributed by atoms with Gasteiger partial charge in [-0.15, -0.1) is 0 Å². The Morgan fingerprint density at radius 2 is 1.67 bits per heavy atom. The second kappa shape index (κ2) is 7.95. The Labute approximate surface area is 146 Å². The van der Waals surface area contributed by atoms with Gasteiger partial charge < -0.3 is 10.1 Å². The molecule has 0 saturated carbocycles. The molecule has 1 heterocycles. The molecule has 1 aromatic rings. The molecule has 0 aliphatic carbocycles. The molecule has 5 nitrogen and oxygen atoms in total. The molecule has 0 spiro atoms. The topological polar surface area (TPSA) is 58.6 Å². The van der Waals surface area contributed by atoms with Crippen LogP contribution in [0.25, 0.3) is 0 Å². The number of ether oxygens (including phenoxy) is 1. The van der Waals surface area contributed by atoms with E-state index >= 15 is 0 Å². The highest BCUT2D eigenvalue weighted by molar-refractivity contribution is 7.89. The van der Waals surface area contributed by atoms with Crippen molar-refractivity contribution in [1.29, 1.82) is 0 Å². The van der Waals surface area contributed by atoms with Crippen LogP contribution in [0.3, 0.4) is 0 Å². The smallest absolute Gasteiger partial charge is 0.215 e. The fourth-order valence-electron chi connectivity index (χ4n) is 3.39. The highest BCUT2D eigenvalue weighted by atomic mass is 32.2. The van der Waals surface area contributed by atoms with Crippen LogP contribution in [0.15, 0.2) is 12.1 Å². The van der Waals surface area contributed by atoms with Crippen molar-refractivity contribution in [3.63, 3.8) is 0 Å². The summed E-state index contributed by atoms with van der Waals surface area (Å²) >= 11 is 0. The van der Waals surface area contributed by atoms with E-state index in [0.29, 0.717) is 26.2 Å². The second-order valence-corrected chi connectivity index (χ2v) is 9.03. The van der Waals surface area contributed by atoms with Crippen LogP contribution >= 0.6 is 0 Å². The molecule has 2 unspecified atom stereocenters. The van der Waals surface area contributed by atoms with Crippen LogP contribution in [0.1, 0.15) is 36.1 Å². The van der Waals surface area contributed by atoms with E-state index < -0.39 is 10.0 Å². The maximum atomic E-state index is 12.5. The number of hydrogen-bond acceptors (Lipinski definition) is 4. The molecule has 1 aliphatic heterocycles. The van der Waals surface area contributed by atoms with Gasteiger partial charge in [0.1, 0.15) is 0 Å². The highest BCUT2D eigenvalue weighted by Crippen LogP contribution is 2.17. The zero-order valence-electron chi connectivity index (χ0n) is 15.4. The summed E-state index contributed by atoms with van der Waals surface area (Å²) in [5.41, 5.74) is 5.01. The predicted octanol–water partition coefficient (Wildman–Crippen LogP) is 2.14. The lowest BCUT2D eigenvalue weighted by Gasteiger charge is -2.34. The number of hydrogen-bond donors (Lipinski definition) is 1. The number of rotatable bonds is 6. The third-order valence-electron chi connectivity index (χ3n) is 4.46. The van der Waals surface area contributed by atoms with Crippen LogP contribution in [0.5, 0.6) is 0 Å². The van der Waals surface area contributed by atoms with E-state index in [9.17, 15) is 8.42 Å². The number of sulfonamides is 1. The molecular weight excluding hydrogens is 324 g/mol. The van der Waals surface area contributed by atoms with Gasteiger partial charge in [-0.2, -0.15) is 4.31 Å². The number of benzene rings is 1. The van der Waals surface area contributed by atoms with E-state index in [1.807, 2.05) is 13.8 Å². The summed E-state index contributed by atoms with van der Waals surface area (Å²) in [4.78, 5) is 0. The molecule has 6 heteroatoms. The number of nitrogens with one attached hydrogen (secondary N) is 1. The third-order valence-corrected chi connectivity index (χ3v) is 6.26. The molecule has 1 aromatic carbocycles. The normalized spacial score (nSPS) is 22.7. The molecule has 1 aliphatic rings. The minimum Gasteiger partial charge on any atom is -0.373 e. The largest absolute Gasteiger partial charge is 0.373 e. The molecule has 1 saturated heterocycles. The van der Waals surface area contributed by atoms with E-state index in [0.717, 1.165) is 0 Å². The quantitative estimate of drug-likeness (QED) is 0.795. The molecule has 136 valence electrons. The first-order chi connectivity index (χ1) is 11.2. The fourth-order valence-corrected chi connectivity index (χ4v) is 4.92. The Kier molecular flexibility index (Phi) is 6.42. The van der Waals surface area contributed by atoms with Crippen molar-refractivity contribution in [3.05, 3.63) is 34.4 Å². The summed E-state index contributed by atoms with van der Waals surface area (Å²) < 4.78 is 32.2. The minimum atomic E-state index is -3.24. The van der Waals surface area contributed by atoms with Crippen LogP contribution < -0.4 is 5.32 Å². The van der Waals surface area contributed by atoms with Crippen molar-refractivity contribution in [1.82, 2.24) is 9.62 Å². The van der Waals surface area contributed by atoms with Crippen molar-refractivity contribution in [2.45, 2.75) is 53.4 Å². The molecule has 1 fully saturated rings. The molecule has 0 bridgehead atoms. The van der Waals surface area contributed by atoms with Gasteiger partial charge in [0, 0.05) is 26.2 Å². The molecular formula is C18H30N2O3S. The second-order valence-electron chi connectivity index (χ2n) is 6.94. The summed E-state index contributed by atoms with van der Waals surface area (Å²) in [6, 6.07) is 4.33. The first kappa shape index (κ1) is 19.4. The van der Waals surface area contributed by atoms with Crippen molar-refractivity contribution >= 4 is 10.0 Å². The Bertz CT molecular complexity index is 640. The van der Waals surface area contributed by atoms with Gasteiger partial charge in [-0.1, -0.05) is 17.7 Å². The monoisotopic (exact) mass is 354 g/mol. The summed E-state index contributed by atoms with van der Waals surface area (Å²) in [7, 11) is -3.24. The van der Waals surface area contributed by atoms with E-state index in [1.165, 1.54) is 22.3 Å². The lowest BCUT2D eigenvalue weighted by atomic mass is 10.00. The lowest BCUT2D eigenvalue weighted by Crippen LogP contribution is -2.49. The van der Waals surface area contributed by atoms with Gasteiger partial charge in [0.15, 0.2) is 0 Å². The van der Waals surface area contributed by atoms with E-state index in [1.54, 1.807) is 4.31 Å². The summed E-state index contributed by atoms with van der Waals surface area (Å²) in [5.74, 6) is 0.121. The van der Waals surface area contributed by atoms with Crippen LogP contribution in [0, 0.1) is 20.8 Å². The van der Waals surface area contributed by atoms with Gasteiger partial charge in [-0.25, -0.2) is 8.42 Å². The maximum absolute atomic E-state index is 12.5. The van der Waals surface area contributed by atoms with Crippen LogP contribution in [-0.2, 0) is 21.3 Å². The van der Waals surface area contributed by atoms with Gasteiger partial charge in [-0.3, -0.25) is 0 Å². The number of nitrogens with zero attached hydrogens (tertiary/aromatic N) is 1. The molecule has 0 amide bonds.